The summed E-state index contributed by atoms with van der Waals surface area (Å²) in [5, 5.41) is 10.2. The predicted octanol–water partition coefficient (Wildman–Crippen LogP) is 9.14. The lowest BCUT2D eigenvalue weighted by molar-refractivity contribution is 0.992. The highest BCUT2D eigenvalue weighted by atomic mass is 35.5. The van der Waals surface area contributed by atoms with Gasteiger partial charge in [0.2, 0.25) is 0 Å². The first-order valence-corrected chi connectivity index (χ1v) is 12.8. The van der Waals surface area contributed by atoms with Crippen LogP contribution in [0.4, 0.5) is 0 Å². The van der Waals surface area contributed by atoms with E-state index in [9.17, 15) is 9.59 Å². The monoisotopic (exact) mass is 565 g/mol. The fourth-order valence-electron chi connectivity index (χ4n) is 6.01. The Balaban J connectivity index is 1.70. The van der Waals surface area contributed by atoms with Crippen LogP contribution in [0, 0.1) is 0 Å². The molecule has 0 spiro atoms. The maximum atomic E-state index is 14.0. The van der Waals surface area contributed by atoms with Crippen molar-refractivity contribution >= 4 is 123 Å². The van der Waals surface area contributed by atoms with E-state index < -0.39 is 11.1 Å². The zero-order valence-electron chi connectivity index (χ0n) is 17.8. The maximum Gasteiger partial charge on any atom is 0.266 e. The average molecular weight is 568 g/mol. The van der Waals surface area contributed by atoms with Crippen molar-refractivity contribution in [1.29, 1.82) is 0 Å². The van der Waals surface area contributed by atoms with Crippen LogP contribution in [0.15, 0.2) is 58.1 Å². The van der Waals surface area contributed by atoms with Crippen LogP contribution in [-0.4, -0.2) is 4.57 Å². The van der Waals surface area contributed by atoms with Gasteiger partial charge < -0.3 is 0 Å². The fraction of sp³-hybridized carbons (Fsp3) is 0. The molecule has 0 bridgehead atoms. The van der Waals surface area contributed by atoms with Gasteiger partial charge in [0, 0.05) is 0 Å². The average Bonchev–Trinajstić information content (AvgIpc) is 3.38. The molecule has 0 unspecified atom stereocenters. The maximum absolute atomic E-state index is 14.0. The second-order valence-electron chi connectivity index (χ2n) is 9.02. The predicted molar refractivity (Wildman–Crippen MR) is 153 cm³/mol. The number of aromatic nitrogens is 1. The van der Waals surface area contributed by atoms with E-state index in [-0.39, 0.29) is 30.8 Å². The van der Waals surface area contributed by atoms with Gasteiger partial charge in [-0.05, 0) is 53.9 Å². The van der Waals surface area contributed by atoms with Crippen LogP contribution in [0.2, 0.25) is 25.1 Å². The van der Waals surface area contributed by atoms with Gasteiger partial charge in [0.1, 0.15) is 0 Å². The summed E-state index contributed by atoms with van der Waals surface area (Å²) < 4.78 is 0.963. The van der Waals surface area contributed by atoms with Crippen molar-refractivity contribution in [2.45, 2.75) is 0 Å². The zero-order valence-corrected chi connectivity index (χ0v) is 21.6. The van der Waals surface area contributed by atoms with Gasteiger partial charge in [-0.1, -0.05) is 107 Å². The third-order valence-electron chi connectivity index (χ3n) is 7.43. The van der Waals surface area contributed by atoms with Crippen molar-refractivity contribution in [2.75, 3.05) is 0 Å². The minimum Gasteiger partial charge on any atom is -0.268 e. The molecule has 0 aliphatic carbocycles. The van der Waals surface area contributed by atoms with Crippen LogP contribution in [0.5, 0.6) is 0 Å². The standard InChI is InChI=1S/C28H8Cl5NO2/c29-21-22(30)24(32)26(25(33)23(21)31)34-27(35)19-12-7-5-10-3-1-9-2-4-11-6-8-13(20(19)28(34)36)18-16(11)14(9)15(10)17(12)18/h1-8H. The lowest BCUT2D eigenvalue weighted by Crippen LogP contribution is -2.24. The van der Waals surface area contributed by atoms with Crippen LogP contribution in [-0.2, 0) is 0 Å². The van der Waals surface area contributed by atoms with Crippen molar-refractivity contribution in [3.8, 4) is 5.69 Å². The summed E-state index contributed by atoms with van der Waals surface area (Å²) in [5.74, 6) is 0. The minimum absolute atomic E-state index is 0.0477. The smallest absolute Gasteiger partial charge is 0.266 e. The van der Waals surface area contributed by atoms with Crippen LogP contribution in [0.3, 0.4) is 0 Å². The highest BCUT2D eigenvalue weighted by molar-refractivity contribution is 6.56. The van der Waals surface area contributed by atoms with E-state index in [4.69, 9.17) is 58.0 Å². The van der Waals surface area contributed by atoms with Gasteiger partial charge in [-0.2, -0.15) is 0 Å². The third-order valence-corrected chi connectivity index (χ3v) is 9.69. The summed E-state index contributed by atoms with van der Waals surface area (Å²) >= 11 is 31.7. The lowest BCUT2D eigenvalue weighted by atomic mass is 9.95. The Morgan fingerprint density at radius 2 is 0.750 bits per heavy atom. The summed E-state index contributed by atoms with van der Waals surface area (Å²) in [5.41, 5.74) is -1.16. The molecule has 0 aliphatic rings. The van der Waals surface area contributed by atoms with E-state index in [0.29, 0.717) is 21.5 Å². The Bertz CT molecular complexity index is 2200. The molecule has 3 nitrogen and oxygen atoms in total. The SMILES string of the molecule is O=c1c2c3ccc4ccc5ccc6ccc(c2c(=O)n1-c1c(Cl)c(Cl)c(Cl)c(Cl)c1Cl)c1c6c5c4c31. The minimum atomic E-state index is -0.544. The Labute approximate surface area is 226 Å². The number of hydrogen-bond donors (Lipinski definition) is 0. The van der Waals surface area contributed by atoms with E-state index in [1.54, 1.807) is 0 Å². The largest absolute Gasteiger partial charge is 0.268 e. The highest BCUT2D eigenvalue weighted by Crippen LogP contribution is 2.50. The Hall–Kier alpha value is -2.79. The van der Waals surface area contributed by atoms with Crippen LogP contribution >= 0.6 is 58.0 Å². The van der Waals surface area contributed by atoms with Crippen molar-refractivity contribution < 1.29 is 0 Å². The lowest BCUT2D eigenvalue weighted by Gasteiger charge is -2.12. The Morgan fingerprint density at radius 1 is 0.417 bits per heavy atom. The Morgan fingerprint density at radius 3 is 1.17 bits per heavy atom. The fourth-order valence-corrected chi connectivity index (χ4v) is 7.30. The van der Waals surface area contributed by atoms with Gasteiger partial charge in [-0.3, -0.25) is 9.59 Å². The number of hydrogen-bond acceptors (Lipinski definition) is 2. The van der Waals surface area contributed by atoms with Gasteiger partial charge >= 0.3 is 0 Å². The molecule has 0 saturated carbocycles. The molecule has 8 aromatic rings. The highest BCUT2D eigenvalue weighted by Gasteiger charge is 2.29. The van der Waals surface area contributed by atoms with Gasteiger partial charge in [0.05, 0.1) is 41.6 Å². The van der Waals surface area contributed by atoms with Crippen molar-refractivity contribution in [1.82, 2.24) is 4.57 Å². The molecule has 1 heterocycles. The zero-order chi connectivity index (χ0) is 24.8. The number of nitrogens with zero attached hydrogens (tertiary/aromatic N) is 1. The molecule has 7 aromatic carbocycles. The van der Waals surface area contributed by atoms with Crippen molar-refractivity contribution in [3.63, 3.8) is 0 Å². The second-order valence-corrected chi connectivity index (χ2v) is 10.9. The summed E-state index contributed by atoms with van der Waals surface area (Å²) in [4.78, 5) is 28.1. The van der Waals surface area contributed by atoms with Gasteiger partial charge in [-0.15, -0.1) is 0 Å². The molecule has 8 heteroatoms. The molecule has 36 heavy (non-hydrogen) atoms. The van der Waals surface area contributed by atoms with E-state index in [1.807, 2.05) is 24.3 Å². The van der Waals surface area contributed by atoms with Gasteiger partial charge in [0.15, 0.2) is 0 Å². The summed E-state index contributed by atoms with van der Waals surface area (Å²) in [6, 6.07) is 16.2. The molecule has 0 radical (unpaired) electrons. The summed E-state index contributed by atoms with van der Waals surface area (Å²) in [6.45, 7) is 0. The molecule has 0 aliphatic heterocycles. The van der Waals surface area contributed by atoms with Gasteiger partial charge in [-0.25, -0.2) is 4.57 Å². The number of benzene rings is 6. The summed E-state index contributed by atoms with van der Waals surface area (Å²) in [6.07, 6.45) is 0. The normalized spacial score (nSPS) is 12.8. The molecular formula is C28H8Cl5NO2. The molecule has 0 saturated heterocycles. The molecule has 0 N–H and O–H groups in total. The van der Waals surface area contributed by atoms with E-state index in [0.717, 1.165) is 47.7 Å². The van der Waals surface area contributed by atoms with Gasteiger partial charge in [0.25, 0.3) is 11.1 Å². The third kappa shape index (κ3) is 2.22. The van der Waals surface area contributed by atoms with Crippen LogP contribution in [0.1, 0.15) is 0 Å². The molecule has 172 valence electrons. The first-order valence-electron chi connectivity index (χ1n) is 10.9. The number of fused-ring (bicyclic) bond motifs is 3. The summed E-state index contributed by atoms with van der Waals surface area (Å²) in [7, 11) is 0. The topological polar surface area (TPSA) is 39.1 Å². The number of rotatable bonds is 1. The molecule has 8 rings (SSSR count). The van der Waals surface area contributed by atoms with Crippen molar-refractivity contribution in [2.24, 2.45) is 0 Å². The number of halogens is 5. The molecular weight excluding hydrogens is 560 g/mol. The molecule has 0 fully saturated rings. The first kappa shape index (κ1) is 21.3. The first-order chi connectivity index (χ1) is 17.3. The molecule has 0 atom stereocenters. The second kappa shape index (κ2) is 6.74. The van der Waals surface area contributed by atoms with E-state index in [1.165, 1.54) is 0 Å². The molecule has 0 amide bonds. The van der Waals surface area contributed by atoms with E-state index in [2.05, 4.69) is 24.3 Å². The molecule has 1 aromatic heterocycles. The Kier molecular flexibility index (Phi) is 3.99. The van der Waals surface area contributed by atoms with E-state index >= 15 is 0 Å². The van der Waals surface area contributed by atoms with Crippen LogP contribution < -0.4 is 11.1 Å². The van der Waals surface area contributed by atoms with Crippen LogP contribution in [0.25, 0.3) is 70.3 Å². The quantitative estimate of drug-likeness (QED) is 0.113. The van der Waals surface area contributed by atoms with Crippen molar-refractivity contribution in [3.05, 3.63) is 94.4 Å².